The summed E-state index contributed by atoms with van der Waals surface area (Å²) in [5.41, 5.74) is 1.94. The summed E-state index contributed by atoms with van der Waals surface area (Å²) in [5, 5.41) is 0. The van der Waals surface area contributed by atoms with E-state index < -0.39 is 6.10 Å². The van der Waals surface area contributed by atoms with Crippen molar-refractivity contribution < 1.29 is 13.9 Å². The molecule has 2 aromatic carbocycles. The fourth-order valence-electron chi connectivity index (χ4n) is 2.78. The second kappa shape index (κ2) is 7.20. The van der Waals surface area contributed by atoms with Crippen LogP contribution in [-0.4, -0.2) is 30.4 Å². The van der Waals surface area contributed by atoms with Gasteiger partial charge in [0.15, 0.2) is 6.29 Å². The summed E-state index contributed by atoms with van der Waals surface area (Å²) in [7, 11) is 0. The fourth-order valence-corrected chi connectivity index (χ4v) is 2.78. The predicted molar refractivity (Wildman–Crippen MR) is 87.1 cm³/mol. The lowest BCUT2D eigenvalue weighted by molar-refractivity contribution is -0.128. The van der Waals surface area contributed by atoms with E-state index in [4.69, 9.17) is 4.74 Å². The van der Waals surface area contributed by atoms with E-state index in [0.717, 1.165) is 17.4 Å². The lowest BCUT2D eigenvalue weighted by Gasteiger charge is -2.38. The lowest BCUT2D eigenvalue weighted by atomic mass is 9.99. The minimum absolute atomic E-state index is 0.248. The van der Waals surface area contributed by atoms with Crippen molar-refractivity contribution in [3.05, 3.63) is 77.7 Å². The van der Waals surface area contributed by atoms with Gasteiger partial charge in [0.05, 0.1) is 12.6 Å². The van der Waals surface area contributed by atoms with Crippen molar-refractivity contribution in [1.29, 1.82) is 0 Å². The van der Waals surface area contributed by atoms with Crippen LogP contribution >= 0.6 is 0 Å². The lowest BCUT2D eigenvalue weighted by Crippen LogP contribution is -2.43. The van der Waals surface area contributed by atoms with Crippen molar-refractivity contribution in [2.24, 2.45) is 0 Å². The molecule has 0 unspecified atom stereocenters. The minimum atomic E-state index is -0.561. The molecular formula is C19H18FNO2. The van der Waals surface area contributed by atoms with Gasteiger partial charge in [-0.05, 0) is 29.3 Å². The van der Waals surface area contributed by atoms with Crippen molar-refractivity contribution in [3.63, 3.8) is 0 Å². The molecule has 4 heteroatoms. The molecule has 118 valence electrons. The average molecular weight is 311 g/mol. The fraction of sp³-hybridized carbons (Fsp3) is 0.211. The maximum Gasteiger partial charge on any atom is 0.151 e. The summed E-state index contributed by atoms with van der Waals surface area (Å²) >= 11 is 0. The molecule has 1 aliphatic heterocycles. The van der Waals surface area contributed by atoms with Crippen LogP contribution < -0.4 is 0 Å². The van der Waals surface area contributed by atoms with Crippen LogP contribution in [0.1, 0.15) is 17.2 Å². The normalized spacial score (nSPS) is 21.5. The van der Waals surface area contributed by atoms with Crippen molar-refractivity contribution in [3.8, 4) is 0 Å². The number of carbonyl (C=O) groups excluding carboxylic acids is 1. The zero-order chi connectivity index (χ0) is 16.1. The molecule has 1 fully saturated rings. The van der Waals surface area contributed by atoms with Gasteiger partial charge in [0.2, 0.25) is 0 Å². The van der Waals surface area contributed by atoms with Crippen molar-refractivity contribution in [2.45, 2.75) is 12.1 Å². The molecule has 0 saturated carbocycles. The van der Waals surface area contributed by atoms with Crippen LogP contribution in [-0.2, 0) is 9.53 Å². The first kappa shape index (κ1) is 15.4. The molecule has 0 spiro atoms. The molecule has 3 rings (SSSR count). The Hall–Kier alpha value is -2.46. The molecule has 0 N–H and O–H groups in total. The van der Waals surface area contributed by atoms with Gasteiger partial charge in [-0.1, -0.05) is 42.5 Å². The SMILES string of the molecule is O=C[C@@H]1OCCN(C=Cc2ccccc2)[C@@H]1c1ccc(F)cc1. The number of benzene rings is 2. The number of aldehydes is 1. The van der Waals surface area contributed by atoms with Crippen LogP contribution in [0, 0.1) is 5.82 Å². The van der Waals surface area contributed by atoms with Crippen LogP contribution in [0.15, 0.2) is 60.8 Å². The molecule has 2 aromatic rings. The topological polar surface area (TPSA) is 29.5 Å². The third-order valence-corrected chi connectivity index (χ3v) is 3.93. The Bertz CT molecular complexity index is 670. The molecule has 1 heterocycles. The van der Waals surface area contributed by atoms with Gasteiger partial charge >= 0.3 is 0 Å². The highest BCUT2D eigenvalue weighted by Gasteiger charge is 2.31. The minimum Gasteiger partial charge on any atom is -0.366 e. The standard InChI is InChI=1S/C19H18FNO2/c20-17-8-6-16(7-9-17)19-18(14-22)23-13-12-21(19)11-10-15-4-2-1-3-5-15/h1-11,14,18-19H,12-13H2/t18-,19+/m0/s1. The van der Waals surface area contributed by atoms with Gasteiger partial charge in [0.25, 0.3) is 0 Å². The van der Waals surface area contributed by atoms with Crippen molar-refractivity contribution in [2.75, 3.05) is 13.2 Å². The third kappa shape index (κ3) is 3.66. The number of rotatable bonds is 4. The number of ether oxygens (including phenoxy) is 1. The van der Waals surface area contributed by atoms with E-state index in [1.807, 2.05) is 42.6 Å². The Morgan fingerprint density at radius 1 is 1.09 bits per heavy atom. The largest absolute Gasteiger partial charge is 0.366 e. The summed E-state index contributed by atoms with van der Waals surface area (Å²) in [6.07, 6.45) is 4.23. The Morgan fingerprint density at radius 3 is 2.52 bits per heavy atom. The van der Waals surface area contributed by atoms with Crippen LogP contribution in [0.5, 0.6) is 0 Å². The third-order valence-electron chi connectivity index (χ3n) is 3.93. The maximum atomic E-state index is 13.2. The summed E-state index contributed by atoms with van der Waals surface area (Å²) in [6.45, 7) is 1.16. The van der Waals surface area contributed by atoms with Crippen LogP contribution in [0.3, 0.4) is 0 Å². The number of nitrogens with zero attached hydrogens (tertiary/aromatic N) is 1. The second-order valence-corrected chi connectivity index (χ2v) is 5.43. The molecule has 23 heavy (non-hydrogen) atoms. The number of hydrogen-bond acceptors (Lipinski definition) is 3. The van der Waals surface area contributed by atoms with Crippen molar-refractivity contribution in [1.82, 2.24) is 4.90 Å². The van der Waals surface area contributed by atoms with E-state index in [1.54, 1.807) is 12.1 Å². The Morgan fingerprint density at radius 2 is 1.83 bits per heavy atom. The quantitative estimate of drug-likeness (QED) is 0.810. The monoisotopic (exact) mass is 311 g/mol. The van der Waals surface area contributed by atoms with Gasteiger partial charge in [-0.15, -0.1) is 0 Å². The average Bonchev–Trinajstić information content (AvgIpc) is 2.61. The van der Waals surface area contributed by atoms with Crippen LogP contribution in [0.25, 0.3) is 6.08 Å². The van der Waals surface area contributed by atoms with Gasteiger partial charge < -0.3 is 14.4 Å². The first-order valence-corrected chi connectivity index (χ1v) is 7.59. The summed E-state index contributed by atoms with van der Waals surface area (Å²) in [5.74, 6) is -0.292. The molecule has 1 saturated heterocycles. The predicted octanol–water partition coefficient (Wildman–Crippen LogP) is 3.44. The number of halogens is 1. The Balaban J connectivity index is 1.88. The Labute approximate surface area is 135 Å². The van der Waals surface area contributed by atoms with Gasteiger partial charge in [-0.2, -0.15) is 0 Å². The van der Waals surface area contributed by atoms with E-state index >= 15 is 0 Å². The highest BCUT2D eigenvalue weighted by molar-refractivity contribution is 5.59. The highest BCUT2D eigenvalue weighted by atomic mass is 19.1. The second-order valence-electron chi connectivity index (χ2n) is 5.43. The van der Waals surface area contributed by atoms with Crippen molar-refractivity contribution >= 4 is 12.4 Å². The maximum absolute atomic E-state index is 13.2. The molecule has 1 aliphatic rings. The molecule has 0 bridgehead atoms. The summed E-state index contributed by atoms with van der Waals surface area (Å²) in [4.78, 5) is 13.5. The molecule has 2 atom stereocenters. The van der Waals surface area contributed by atoms with Gasteiger partial charge in [-0.25, -0.2) is 4.39 Å². The van der Waals surface area contributed by atoms with E-state index in [-0.39, 0.29) is 11.9 Å². The van der Waals surface area contributed by atoms with Gasteiger partial charge in [-0.3, -0.25) is 0 Å². The summed E-state index contributed by atoms with van der Waals surface area (Å²) < 4.78 is 18.7. The molecule has 0 radical (unpaired) electrons. The smallest absolute Gasteiger partial charge is 0.151 e. The Kier molecular flexibility index (Phi) is 4.83. The van der Waals surface area contributed by atoms with Crippen LogP contribution in [0.4, 0.5) is 4.39 Å². The zero-order valence-electron chi connectivity index (χ0n) is 12.6. The van der Waals surface area contributed by atoms with Gasteiger partial charge in [0, 0.05) is 12.7 Å². The molecule has 0 amide bonds. The molecule has 3 nitrogen and oxygen atoms in total. The number of hydrogen-bond donors (Lipinski definition) is 0. The van der Waals surface area contributed by atoms with E-state index in [9.17, 15) is 9.18 Å². The van der Waals surface area contributed by atoms with E-state index in [0.29, 0.717) is 13.2 Å². The van der Waals surface area contributed by atoms with E-state index in [2.05, 4.69) is 4.90 Å². The first-order valence-electron chi connectivity index (χ1n) is 7.59. The number of carbonyl (C=O) groups is 1. The molecular weight excluding hydrogens is 293 g/mol. The van der Waals surface area contributed by atoms with Crippen LogP contribution in [0.2, 0.25) is 0 Å². The molecule has 0 aromatic heterocycles. The first-order chi connectivity index (χ1) is 11.3. The number of morpholine rings is 1. The zero-order valence-corrected chi connectivity index (χ0v) is 12.6. The molecule has 0 aliphatic carbocycles. The summed E-state index contributed by atoms with van der Waals surface area (Å²) in [6, 6.07) is 15.9. The van der Waals surface area contributed by atoms with Gasteiger partial charge in [0.1, 0.15) is 11.9 Å². The highest BCUT2D eigenvalue weighted by Crippen LogP contribution is 2.29. The van der Waals surface area contributed by atoms with E-state index in [1.165, 1.54) is 12.1 Å².